The maximum absolute atomic E-state index is 4.39. The largest absolute Gasteiger partial charge is 0.318 e. The summed E-state index contributed by atoms with van der Waals surface area (Å²) >= 11 is 0. The van der Waals surface area contributed by atoms with Gasteiger partial charge in [0, 0.05) is 44.5 Å². The zero-order valence-corrected chi connectivity index (χ0v) is 16.4. The van der Waals surface area contributed by atoms with Crippen LogP contribution in [-0.4, -0.2) is 57.8 Å². The van der Waals surface area contributed by atoms with E-state index in [-0.39, 0.29) is 0 Å². The lowest BCUT2D eigenvalue weighted by Crippen LogP contribution is -2.39. The molecule has 0 atom stereocenters. The van der Waals surface area contributed by atoms with E-state index in [1.807, 2.05) is 31.4 Å². The minimum absolute atomic E-state index is 0.922. The van der Waals surface area contributed by atoms with Gasteiger partial charge >= 0.3 is 0 Å². The zero-order valence-electron chi connectivity index (χ0n) is 16.4. The average molecular weight is 371 g/mol. The molecule has 0 fully saturated rings. The second-order valence-corrected chi connectivity index (χ2v) is 6.47. The topological polar surface area (TPSA) is 73.0 Å². The van der Waals surface area contributed by atoms with Crippen LogP contribution < -0.4 is 26.8 Å². The van der Waals surface area contributed by atoms with Crippen molar-refractivity contribution in [3.8, 4) is 11.3 Å². The van der Waals surface area contributed by atoms with Crippen LogP contribution in [-0.2, 0) is 6.42 Å². The van der Waals surface area contributed by atoms with Crippen LogP contribution in [0.4, 0.5) is 0 Å². The van der Waals surface area contributed by atoms with Crippen molar-refractivity contribution < 1.29 is 0 Å². The first-order valence-electron chi connectivity index (χ1n) is 9.92. The highest BCUT2D eigenvalue weighted by Crippen LogP contribution is 2.16. The van der Waals surface area contributed by atoms with E-state index in [0.29, 0.717) is 0 Å². The van der Waals surface area contributed by atoms with Gasteiger partial charge in [-0.15, -0.1) is 0 Å². The number of pyridine rings is 1. The molecular formula is C21H34N6. The summed E-state index contributed by atoms with van der Waals surface area (Å²) in [6.07, 6.45) is 3.99. The van der Waals surface area contributed by atoms with Gasteiger partial charge in [-0.1, -0.05) is 30.3 Å². The smallest absolute Gasteiger partial charge is 0.0701 e. The van der Waals surface area contributed by atoms with E-state index >= 15 is 0 Å². The molecule has 0 spiro atoms. The van der Waals surface area contributed by atoms with Crippen molar-refractivity contribution in [1.29, 1.82) is 0 Å². The Morgan fingerprint density at radius 3 is 2.30 bits per heavy atom. The number of likely N-dealkylation sites (N-methyl/N-ethyl adjacent to an activating group) is 1. The van der Waals surface area contributed by atoms with Crippen LogP contribution in [0.3, 0.4) is 0 Å². The van der Waals surface area contributed by atoms with Gasteiger partial charge in [0.05, 0.1) is 5.69 Å². The fourth-order valence-corrected chi connectivity index (χ4v) is 2.70. The third-order valence-corrected chi connectivity index (χ3v) is 4.26. The van der Waals surface area contributed by atoms with Crippen LogP contribution >= 0.6 is 0 Å². The number of benzene rings is 1. The molecule has 6 heteroatoms. The lowest BCUT2D eigenvalue weighted by molar-refractivity contribution is 0.496. The molecule has 2 rings (SSSR count). The van der Waals surface area contributed by atoms with E-state index in [0.717, 1.165) is 64.3 Å². The first-order chi connectivity index (χ1) is 13.4. The van der Waals surface area contributed by atoms with Crippen molar-refractivity contribution in [1.82, 2.24) is 31.8 Å². The van der Waals surface area contributed by atoms with Gasteiger partial charge in [-0.3, -0.25) is 15.8 Å². The summed E-state index contributed by atoms with van der Waals surface area (Å²) in [6.45, 7) is 6.94. The van der Waals surface area contributed by atoms with Gasteiger partial charge < -0.3 is 16.0 Å². The molecule has 0 amide bonds. The fraction of sp³-hybridized carbons (Fsp3) is 0.476. The van der Waals surface area contributed by atoms with Crippen LogP contribution in [0.1, 0.15) is 12.0 Å². The molecule has 0 aliphatic heterocycles. The van der Waals surface area contributed by atoms with Crippen molar-refractivity contribution in [3.63, 3.8) is 0 Å². The zero-order chi connectivity index (χ0) is 19.0. The van der Waals surface area contributed by atoms with E-state index in [9.17, 15) is 0 Å². The van der Waals surface area contributed by atoms with E-state index < -0.39 is 0 Å². The predicted octanol–water partition coefficient (Wildman–Crippen LogP) is 1.17. The fourth-order valence-electron chi connectivity index (χ4n) is 2.70. The Labute approximate surface area is 163 Å². The normalized spacial score (nSPS) is 11.0. The van der Waals surface area contributed by atoms with Crippen LogP contribution in [0, 0.1) is 0 Å². The number of nitrogens with one attached hydrogen (secondary N) is 5. The molecule has 2 aromatic rings. The Morgan fingerprint density at radius 2 is 1.52 bits per heavy atom. The third-order valence-electron chi connectivity index (χ3n) is 4.26. The quantitative estimate of drug-likeness (QED) is 0.239. The van der Waals surface area contributed by atoms with Gasteiger partial charge in [-0.05, 0) is 50.7 Å². The lowest BCUT2D eigenvalue weighted by Gasteiger charge is -2.09. The van der Waals surface area contributed by atoms with Crippen LogP contribution in [0.5, 0.6) is 0 Å². The van der Waals surface area contributed by atoms with Gasteiger partial charge in [0.1, 0.15) is 0 Å². The first-order valence-corrected chi connectivity index (χ1v) is 9.92. The Kier molecular flexibility index (Phi) is 11.3. The van der Waals surface area contributed by atoms with Gasteiger partial charge in [0.2, 0.25) is 0 Å². The summed E-state index contributed by atoms with van der Waals surface area (Å²) in [5, 5.41) is 9.98. The Hall–Kier alpha value is -1.83. The molecule has 1 heterocycles. The lowest BCUT2D eigenvalue weighted by atomic mass is 10.1. The van der Waals surface area contributed by atoms with E-state index in [1.165, 1.54) is 11.1 Å². The molecule has 0 aliphatic carbocycles. The standard InChI is InChI=1S/C21H34N6/c1-22-15-16-23-11-4-13-26-27-18-17-24-14-10-19-6-8-20(9-7-19)21-5-2-3-12-25-21/h2-3,5-9,12,22-24,26-27H,4,10-11,13-18H2,1H3. The molecule has 0 radical (unpaired) electrons. The van der Waals surface area contributed by atoms with Crippen LogP contribution in [0.15, 0.2) is 48.7 Å². The molecule has 0 aliphatic rings. The monoisotopic (exact) mass is 370 g/mol. The molecular weight excluding hydrogens is 336 g/mol. The number of rotatable bonds is 15. The van der Waals surface area contributed by atoms with Gasteiger partial charge in [0.25, 0.3) is 0 Å². The van der Waals surface area contributed by atoms with Crippen LogP contribution in [0.2, 0.25) is 0 Å². The molecule has 0 unspecified atom stereocenters. The second kappa shape index (κ2) is 14.3. The van der Waals surface area contributed by atoms with E-state index in [4.69, 9.17) is 0 Å². The van der Waals surface area contributed by atoms with Crippen molar-refractivity contribution in [2.75, 3.05) is 52.9 Å². The number of nitrogens with zero attached hydrogens (tertiary/aromatic N) is 1. The Bertz CT molecular complexity index is 587. The predicted molar refractivity (Wildman–Crippen MR) is 114 cm³/mol. The molecule has 148 valence electrons. The Morgan fingerprint density at radius 1 is 0.741 bits per heavy atom. The van der Waals surface area contributed by atoms with Crippen molar-refractivity contribution >= 4 is 0 Å². The van der Waals surface area contributed by atoms with Gasteiger partial charge in [0.15, 0.2) is 0 Å². The van der Waals surface area contributed by atoms with Crippen molar-refractivity contribution in [2.24, 2.45) is 0 Å². The molecule has 5 N–H and O–H groups in total. The minimum Gasteiger partial charge on any atom is -0.318 e. The van der Waals surface area contributed by atoms with Crippen molar-refractivity contribution in [2.45, 2.75) is 12.8 Å². The summed E-state index contributed by atoms with van der Waals surface area (Å²) in [5.41, 5.74) is 10.0. The van der Waals surface area contributed by atoms with Crippen molar-refractivity contribution in [3.05, 3.63) is 54.2 Å². The molecule has 6 nitrogen and oxygen atoms in total. The highest BCUT2D eigenvalue weighted by atomic mass is 15.3. The minimum atomic E-state index is 0.922. The van der Waals surface area contributed by atoms with Gasteiger partial charge in [-0.25, -0.2) is 0 Å². The molecule has 27 heavy (non-hydrogen) atoms. The highest BCUT2D eigenvalue weighted by molar-refractivity contribution is 5.58. The number of aromatic nitrogens is 1. The summed E-state index contributed by atoms with van der Waals surface area (Å²) < 4.78 is 0. The third kappa shape index (κ3) is 9.60. The number of hydrogen-bond acceptors (Lipinski definition) is 6. The highest BCUT2D eigenvalue weighted by Gasteiger charge is 1.98. The first kappa shape index (κ1) is 21.5. The van der Waals surface area contributed by atoms with E-state index in [2.05, 4.69) is 56.1 Å². The van der Waals surface area contributed by atoms with E-state index in [1.54, 1.807) is 0 Å². The van der Waals surface area contributed by atoms with Crippen LogP contribution in [0.25, 0.3) is 11.3 Å². The van der Waals surface area contributed by atoms with Gasteiger partial charge in [-0.2, -0.15) is 0 Å². The molecule has 1 aromatic carbocycles. The maximum atomic E-state index is 4.39. The second-order valence-electron chi connectivity index (χ2n) is 6.47. The Balaban J connectivity index is 1.44. The molecule has 0 saturated carbocycles. The number of hydrogen-bond donors (Lipinski definition) is 5. The summed E-state index contributed by atoms with van der Waals surface area (Å²) in [6, 6.07) is 14.7. The SMILES string of the molecule is CNCCNCCCNNCCNCCc1ccc(-c2ccccn2)cc1. The summed E-state index contributed by atoms with van der Waals surface area (Å²) in [7, 11) is 1.97. The molecule has 0 bridgehead atoms. The average Bonchev–Trinajstić information content (AvgIpc) is 2.72. The molecule has 0 saturated heterocycles. The maximum Gasteiger partial charge on any atom is 0.0701 e. The molecule has 1 aromatic heterocycles. The summed E-state index contributed by atoms with van der Waals surface area (Å²) in [4.78, 5) is 4.39. The summed E-state index contributed by atoms with van der Waals surface area (Å²) in [5.74, 6) is 0. The number of hydrazine groups is 1.